The van der Waals surface area contributed by atoms with Crippen molar-refractivity contribution in [2.45, 2.75) is 13.0 Å². The summed E-state index contributed by atoms with van der Waals surface area (Å²) in [6, 6.07) is 15.1. The van der Waals surface area contributed by atoms with E-state index in [0.717, 1.165) is 16.9 Å². The van der Waals surface area contributed by atoms with Crippen LogP contribution in [0.5, 0.6) is 5.75 Å². The number of hydrogen-bond acceptors (Lipinski definition) is 3. The van der Waals surface area contributed by atoms with Gasteiger partial charge in [-0.05, 0) is 35.7 Å². The van der Waals surface area contributed by atoms with Crippen LogP contribution in [0.25, 0.3) is 0 Å². The first-order valence-electron chi connectivity index (χ1n) is 7.04. The quantitative estimate of drug-likeness (QED) is 0.823. The maximum absolute atomic E-state index is 11.2. The molecule has 22 heavy (non-hydrogen) atoms. The van der Waals surface area contributed by atoms with Crippen LogP contribution in [0.1, 0.15) is 11.1 Å². The van der Waals surface area contributed by atoms with Crippen molar-refractivity contribution in [3.05, 3.63) is 64.7 Å². The molecule has 0 radical (unpaired) electrons. The number of primary amides is 1. The second kappa shape index (κ2) is 7.82. The Morgan fingerprint density at radius 3 is 2.41 bits per heavy atom. The lowest BCUT2D eigenvalue weighted by atomic mass is 9.98. The highest BCUT2D eigenvalue weighted by molar-refractivity contribution is 6.30. The number of carbonyl (C=O) groups excluding carboxylic acids is 1. The molecule has 0 aromatic heterocycles. The van der Waals surface area contributed by atoms with Crippen molar-refractivity contribution >= 4 is 17.5 Å². The Labute approximate surface area is 135 Å². The zero-order valence-electron chi connectivity index (χ0n) is 12.2. The number of nitrogens with two attached hydrogens (primary N) is 2. The van der Waals surface area contributed by atoms with E-state index < -0.39 is 0 Å². The summed E-state index contributed by atoms with van der Waals surface area (Å²) in [5, 5.41) is 0.645. The number of amides is 1. The molecule has 0 fully saturated rings. The molecule has 0 bridgehead atoms. The highest BCUT2D eigenvalue weighted by Gasteiger charge is 2.13. The molecule has 0 saturated carbocycles. The van der Waals surface area contributed by atoms with Crippen LogP contribution >= 0.6 is 11.6 Å². The Bertz CT molecular complexity index is 629. The van der Waals surface area contributed by atoms with E-state index >= 15 is 0 Å². The van der Waals surface area contributed by atoms with Crippen LogP contribution < -0.4 is 16.2 Å². The lowest BCUT2D eigenvalue weighted by molar-refractivity contribution is -0.121. The van der Waals surface area contributed by atoms with E-state index in [2.05, 4.69) is 0 Å². The zero-order chi connectivity index (χ0) is 15.9. The number of carbonyl (C=O) groups is 1. The minimum atomic E-state index is -0.365. The summed E-state index contributed by atoms with van der Waals surface area (Å²) in [5.74, 6) is 0.0397. The highest BCUT2D eigenvalue weighted by Crippen LogP contribution is 2.18. The minimum absolute atomic E-state index is 0.259. The summed E-state index contributed by atoms with van der Waals surface area (Å²) in [6.07, 6.45) is 0.557. The van der Waals surface area contributed by atoms with Crippen LogP contribution in [0.3, 0.4) is 0 Å². The van der Waals surface area contributed by atoms with Gasteiger partial charge in [0.25, 0.3) is 0 Å². The van der Waals surface area contributed by atoms with Crippen LogP contribution in [0.2, 0.25) is 5.02 Å². The van der Waals surface area contributed by atoms with Gasteiger partial charge in [-0.25, -0.2) is 0 Å². The minimum Gasteiger partial charge on any atom is -0.489 e. The number of benzene rings is 2. The zero-order valence-corrected chi connectivity index (χ0v) is 12.9. The molecule has 0 aliphatic heterocycles. The van der Waals surface area contributed by atoms with Crippen molar-refractivity contribution in [1.29, 1.82) is 0 Å². The van der Waals surface area contributed by atoms with Gasteiger partial charge in [0.15, 0.2) is 0 Å². The largest absolute Gasteiger partial charge is 0.489 e. The van der Waals surface area contributed by atoms with Crippen LogP contribution in [0.15, 0.2) is 48.5 Å². The normalized spacial score (nSPS) is 11.9. The van der Waals surface area contributed by atoms with Crippen LogP contribution in [-0.2, 0) is 17.8 Å². The Morgan fingerprint density at radius 2 is 1.82 bits per heavy atom. The van der Waals surface area contributed by atoms with Gasteiger partial charge >= 0.3 is 0 Å². The fourth-order valence-electron chi connectivity index (χ4n) is 2.08. The smallest absolute Gasteiger partial charge is 0.222 e. The van der Waals surface area contributed by atoms with Gasteiger partial charge in [-0.15, -0.1) is 0 Å². The Morgan fingerprint density at radius 1 is 1.14 bits per heavy atom. The van der Waals surface area contributed by atoms with Crippen molar-refractivity contribution in [3.8, 4) is 5.75 Å². The van der Waals surface area contributed by atoms with Crippen LogP contribution in [0.4, 0.5) is 0 Å². The van der Waals surface area contributed by atoms with E-state index in [1.807, 2.05) is 36.4 Å². The van der Waals surface area contributed by atoms with Gasteiger partial charge in [-0.3, -0.25) is 4.79 Å². The molecular weight excluding hydrogens is 300 g/mol. The molecule has 4 nitrogen and oxygen atoms in total. The van der Waals surface area contributed by atoms with Gasteiger partial charge in [0.05, 0.1) is 5.92 Å². The first-order valence-corrected chi connectivity index (χ1v) is 7.42. The first kappa shape index (κ1) is 16.3. The van der Waals surface area contributed by atoms with Crippen molar-refractivity contribution in [2.24, 2.45) is 17.4 Å². The Balaban J connectivity index is 1.93. The molecule has 0 saturated heterocycles. The van der Waals surface area contributed by atoms with E-state index in [1.165, 1.54) is 0 Å². The molecule has 2 aromatic rings. The maximum Gasteiger partial charge on any atom is 0.222 e. The second-order valence-electron chi connectivity index (χ2n) is 5.10. The molecule has 116 valence electrons. The monoisotopic (exact) mass is 318 g/mol. The molecule has 1 atom stereocenters. The number of hydrogen-bond donors (Lipinski definition) is 2. The molecule has 0 heterocycles. The van der Waals surface area contributed by atoms with E-state index in [-0.39, 0.29) is 18.4 Å². The van der Waals surface area contributed by atoms with Crippen molar-refractivity contribution in [3.63, 3.8) is 0 Å². The summed E-state index contributed by atoms with van der Waals surface area (Å²) in [7, 11) is 0. The van der Waals surface area contributed by atoms with Gasteiger partial charge in [0, 0.05) is 11.6 Å². The number of halogens is 1. The molecule has 2 aromatic carbocycles. The SMILES string of the molecule is NC[C@H](Cc1ccc(COc2cccc(Cl)c2)cc1)C(N)=O. The molecule has 5 heteroatoms. The van der Waals surface area contributed by atoms with Crippen molar-refractivity contribution in [1.82, 2.24) is 0 Å². The molecule has 0 aliphatic rings. The fourth-order valence-corrected chi connectivity index (χ4v) is 2.26. The van der Waals surface area contributed by atoms with E-state index in [4.69, 9.17) is 27.8 Å². The predicted octanol–water partition coefficient (Wildman–Crippen LogP) is 2.52. The van der Waals surface area contributed by atoms with E-state index in [0.29, 0.717) is 18.1 Å². The van der Waals surface area contributed by atoms with Crippen molar-refractivity contribution in [2.75, 3.05) is 6.54 Å². The Hall–Kier alpha value is -2.04. The van der Waals surface area contributed by atoms with E-state index in [1.54, 1.807) is 12.1 Å². The third-order valence-corrected chi connectivity index (χ3v) is 3.63. The van der Waals surface area contributed by atoms with Gasteiger partial charge in [-0.1, -0.05) is 41.9 Å². The lowest BCUT2D eigenvalue weighted by Crippen LogP contribution is -2.31. The van der Waals surface area contributed by atoms with Gasteiger partial charge in [-0.2, -0.15) is 0 Å². The van der Waals surface area contributed by atoms with E-state index in [9.17, 15) is 4.79 Å². The third kappa shape index (κ3) is 4.76. The molecule has 2 rings (SSSR count). The highest BCUT2D eigenvalue weighted by atomic mass is 35.5. The van der Waals surface area contributed by atoms with Gasteiger partial charge < -0.3 is 16.2 Å². The topological polar surface area (TPSA) is 78.3 Å². The third-order valence-electron chi connectivity index (χ3n) is 3.39. The average Bonchev–Trinajstić information content (AvgIpc) is 2.51. The lowest BCUT2D eigenvalue weighted by Gasteiger charge is -2.11. The summed E-state index contributed by atoms with van der Waals surface area (Å²) in [4.78, 5) is 11.2. The Kier molecular flexibility index (Phi) is 5.81. The second-order valence-corrected chi connectivity index (χ2v) is 5.54. The summed E-state index contributed by atoms with van der Waals surface area (Å²) in [6.45, 7) is 0.714. The summed E-state index contributed by atoms with van der Waals surface area (Å²) >= 11 is 5.91. The predicted molar refractivity (Wildman–Crippen MR) is 87.7 cm³/mol. The standard InChI is InChI=1S/C17H19ClN2O2/c18-15-2-1-3-16(9-15)22-11-13-6-4-12(5-7-13)8-14(10-19)17(20)21/h1-7,9,14H,8,10-11,19H2,(H2,20,21)/t14-/m0/s1. The van der Waals surface area contributed by atoms with Gasteiger partial charge in [0.2, 0.25) is 5.91 Å². The molecule has 0 spiro atoms. The van der Waals surface area contributed by atoms with Crippen LogP contribution in [0, 0.1) is 5.92 Å². The van der Waals surface area contributed by atoms with Crippen LogP contribution in [-0.4, -0.2) is 12.5 Å². The molecular formula is C17H19ClN2O2. The molecule has 0 unspecified atom stereocenters. The van der Waals surface area contributed by atoms with Gasteiger partial charge in [0.1, 0.15) is 12.4 Å². The summed E-state index contributed by atoms with van der Waals surface area (Å²) < 4.78 is 5.67. The number of ether oxygens (including phenoxy) is 1. The molecule has 0 aliphatic carbocycles. The first-order chi connectivity index (χ1) is 10.6. The molecule has 1 amide bonds. The maximum atomic E-state index is 11.2. The van der Waals surface area contributed by atoms with Crippen molar-refractivity contribution < 1.29 is 9.53 Å². The average molecular weight is 319 g/mol. The molecule has 4 N–H and O–H groups in total. The number of rotatable bonds is 7. The summed E-state index contributed by atoms with van der Waals surface area (Å²) in [5.41, 5.74) is 12.9. The fraction of sp³-hybridized carbons (Fsp3) is 0.235.